The second-order valence-electron chi connectivity index (χ2n) is 6.38. The topological polar surface area (TPSA) is 41.6 Å². The molecule has 1 aliphatic heterocycles. The molecule has 2 N–H and O–H groups in total. The highest BCUT2D eigenvalue weighted by molar-refractivity contribution is 5.80. The molecule has 0 bridgehead atoms. The van der Waals surface area contributed by atoms with E-state index in [2.05, 4.69) is 16.8 Å². The lowest BCUT2D eigenvalue weighted by molar-refractivity contribution is 0.176. The number of guanidine groups is 1. The van der Waals surface area contributed by atoms with Gasteiger partial charge < -0.3 is 10.6 Å². The van der Waals surface area contributed by atoms with Crippen LogP contribution in [-0.4, -0.2) is 30.0 Å². The molecule has 1 atom stereocenters. The number of rotatable bonds is 3. The van der Waals surface area contributed by atoms with E-state index in [-0.39, 0.29) is 0 Å². The number of nitrogens with two attached hydrogens (primary N) is 1. The van der Waals surface area contributed by atoms with Crippen LogP contribution in [0.4, 0.5) is 0 Å². The largest absolute Gasteiger partial charge is 0.370 e. The van der Waals surface area contributed by atoms with Gasteiger partial charge in [0.2, 0.25) is 0 Å². The number of hydrogen-bond donors (Lipinski definition) is 1. The first-order valence-corrected chi connectivity index (χ1v) is 7.30. The third kappa shape index (κ3) is 2.43. The van der Waals surface area contributed by atoms with Gasteiger partial charge in [-0.1, -0.05) is 19.8 Å². The van der Waals surface area contributed by atoms with Gasteiger partial charge in [-0.15, -0.1) is 0 Å². The Morgan fingerprint density at radius 2 is 1.88 bits per heavy atom. The Morgan fingerprint density at radius 1 is 1.18 bits per heavy atom. The molecule has 96 valence electrons. The summed E-state index contributed by atoms with van der Waals surface area (Å²) in [5.74, 6) is 3.50. The van der Waals surface area contributed by atoms with Gasteiger partial charge >= 0.3 is 0 Å². The minimum absolute atomic E-state index is 0.628. The van der Waals surface area contributed by atoms with Crippen LogP contribution in [0.3, 0.4) is 0 Å². The summed E-state index contributed by atoms with van der Waals surface area (Å²) >= 11 is 0. The molecule has 3 nitrogen and oxygen atoms in total. The van der Waals surface area contributed by atoms with E-state index in [1.54, 1.807) is 0 Å². The molecule has 3 rings (SSSR count). The van der Waals surface area contributed by atoms with Crippen LogP contribution in [-0.2, 0) is 0 Å². The van der Waals surface area contributed by atoms with E-state index in [1.807, 2.05) is 0 Å². The Balaban J connectivity index is 1.61. The zero-order chi connectivity index (χ0) is 11.8. The highest BCUT2D eigenvalue weighted by atomic mass is 15.3. The standard InChI is InChI=1S/C14H25N3/c1-10-2-6-12(7-3-10)13-8-16-14(15)17(13)9-11-4-5-11/h10-13H,2-9H2,1H3,(H2,15,16). The van der Waals surface area contributed by atoms with E-state index < -0.39 is 0 Å². The molecular weight excluding hydrogens is 210 g/mol. The first-order chi connectivity index (χ1) is 8.24. The first kappa shape index (κ1) is 11.4. The van der Waals surface area contributed by atoms with Crippen molar-refractivity contribution in [1.29, 1.82) is 0 Å². The fourth-order valence-electron chi connectivity index (χ4n) is 3.43. The van der Waals surface area contributed by atoms with Crippen LogP contribution in [0, 0.1) is 17.8 Å². The van der Waals surface area contributed by atoms with Gasteiger partial charge in [0.15, 0.2) is 5.96 Å². The van der Waals surface area contributed by atoms with Gasteiger partial charge in [-0.3, -0.25) is 4.99 Å². The average Bonchev–Trinajstić information content (AvgIpc) is 3.07. The highest BCUT2D eigenvalue weighted by Crippen LogP contribution is 2.36. The molecular formula is C14H25N3. The summed E-state index contributed by atoms with van der Waals surface area (Å²) in [4.78, 5) is 6.92. The maximum Gasteiger partial charge on any atom is 0.191 e. The van der Waals surface area contributed by atoms with Crippen molar-refractivity contribution in [3.05, 3.63) is 0 Å². The van der Waals surface area contributed by atoms with Crippen LogP contribution in [0.25, 0.3) is 0 Å². The maximum absolute atomic E-state index is 6.06. The van der Waals surface area contributed by atoms with E-state index in [0.29, 0.717) is 6.04 Å². The molecule has 0 saturated heterocycles. The molecule has 0 aromatic rings. The Labute approximate surface area is 104 Å². The molecule has 3 aliphatic rings. The van der Waals surface area contributed by atoms with Crippen LogP contribution in [0.15, 0.2) is 4.99 Å². The van der Waals surface area contributed by atoms with Crippen LogP contribution in [0.5, 0.6) is 0 Å². The van der Waals surface area contributed by atoms with Crippen LogP contribution >= 0.6 is 0 Å². The summed E-state index contributed by atoms with van der Waals surface area (Å²) in [5, 5.41) is 0. The SMILES string of the molecule is CC1CCC(C2CN=C(N)N2CC2CC2)CC1. The van der Waals surface area contributed by atoms with Gasteiger partial charge in [-0.05, 0) is 43.4 Å². The monoisotopic (exact) mass is 235 g/mol. The van der Waals surface area contributed by atoms with E-state index >= 15 is 0 Å². The van der Waals surface area contributed by atoms with E-state index in [9.17, 15) is 0 Å². The fourth-order valence-corrected chi connectivity index (χ4v) is 3.43. The third-order valence-corrected chi connectivity index (χ3v) is 4.89. The predicted molar refractivity (Wildman–Crippen MR) is 70.8 cm³/mol. The molecule has 1 heterocycles. The van der Waals surface area contributed by atoms with Crippen molar-refractivity contribution < 1.29 is 0 Å². The number of aliphatic imine (C=N–C) groups is 1. The lowest BCUT2D eigenvalue weighted by Gasteiger charge is -2.36. The summed E-state index contributed by atoms with van der Waals surface area (Å²) in [6, 6.07) is 0.628. The lowest BCUT2D eigenvalue weighted by atomic mass is 9.79. The molecule has 2 saturated carbocycles. The van der Waals surface area contributed by atoms with E-state index in [0.717, 1.165) is 30.3 Å². The summed E-state index contributed by atoms with van der Waals surface area (Å²) in [6.45, 7) is 4.52. The van der Waals surface area contributed by atoms with Crippen molar-refractivity contribution in [3.63, 3.8) is 0 Å². The van der Waals surface area contributed by atoms with Crippen molar-refractivity contribution in [2.75, 3.05) is 13.1 Å². The van der Waals surface area contributed by atoms with Gasteiger partial charge in [0.1, 0.15) is 0 Å². The Kier molecular flexibility index (Phi) is 3.01. The fraction of sp³-hybridized carbons (Fsp3) is 0.929. The van der Waals surface area contributed by atoms with Gasteiger partial charge in [-0.2, -0.15) is 0 Å². The highest BCUT2D eigenvalue weighted by Gasteiger charge is 2.37. The van der Waals surface area contributed by atoms with E-state index in [4.69, 9.17) is 5.73 Å². The average molecular weight is 235 g/mol. The molecule has 1 unspecified atom stereocenters. The summed E-state index contributed by atoms with van der Waals surface area (Å²) in [7, 11) is 0. The Hall–Kier alpha value is -0.730. The molecule has 0 radical (unpaired) electrons. The Morgan fingerprint density at radius 3 is 2.53 bits per heavy atom. The molecule has 17 heavy (non-hydrogen) atoms. The van der Waals surface area contributed by atoms with Crippen molar-refractivity contribution in [3.8, 4) is 0 Å². The molecule has 2 aliphatic carbocycles. The quantitative estimate of drug-likeness (QED) is 0.815. The van der Waals surface area contributed by atoms with Gasteiger partial charge in [0, 0.05) is 6.54 Å². The van der Waals surface area contributed by atoms with Crippen molar-refractivity contribution >= 4 is 5.96 Å². The van der Waals surface area contributed by atoms with Crippen molar-refractivity contribution in [2.24, 2.45) is 28.5 Å². The maximum atomic E-state index is 6.06. The molecule has 0 aromatic carbocycles. The minimum atomic E-state index is 0.628. The van der Waals surface area contributed by atoms with Crippen LogP contribution in [0.1, 0.15) is 45.4 Å². The van der Waals surface area contributed by atoms with Crippen molar-refractivity contribution in [2.45, 2.75) is 51.5 Å². The molecule has 0 spiro atoms. The van der Waals surface area contributed by atoms with Crippen LogP contribution < -0.4 is 5.73 Å². The number of hydrogen-bond acceptors (Lipinski definition) is 3. The molecule has 0 aromatic heterocycles. The number of nitrogens with zero attached hydrogens (tertiary/aromatic N) is 2. The minimum Gasteiger partial charge on any atom is -0.370 e. The van der Waals surface area contributed by atoms with Gasteiger partial charge in [0.05, 0.1) is 12.6 Å². The predicted octanol–water partition coefficient (Wildman–Crippen LogP) is 2.22. The van der Waals surface area contributed by atoms with Crippen molar-refractivity contribution in [1.82, 2.24) is 4.90 Å². The van der Waals surface area contributed by atoms with Crippen LogP contribution in [0.2, 0.25) is 0 Å². The summed E-state index contributed by atoms with van der Waals surface area (Å²) in [6.07, 6.45) is 8.37. The molecule has 0 amide bonds. The molecule has 2 fully saturated rings. The third-order valence-electron chi connectivity index (χ3n) is 4.89. The van der Waals surface area contributed by atoms with Gasteiger partial charge in [-0.25, -0.2) is 0 Å². The zero-order valence-electron chi connectivity index (χ0n) is 10.9. The van der Waals surface area contributed by atoms with E-state index in [1.165, 1.54) is 45.1 Å². The van der Waals surface area contributed by atoms with Gasteiger partial charge in [0.25, 0.3) is 0 Å². The summed E-state index contributed by atoms with van der Waals surface area (Å²) in [5.41, 5.74) is 6.06. The normalized spacial score (nSPS) is 38.3. The lowest BCUT2D eigenvalue weighted by Crippen LogP contribution is -2.46. The zero-order valence-corrected chi connectivity index (χ0v) is 10.9. The first-order valence-electron chi connectivity index (χ1n) is 7.30. The second-order valence-corrected chi connectivity index (χ2v) is 6.38. The smallest absolute Gasteiger partial charge is 0.191 e. The second kappa shape index (κ2) is 4.51. The summed E-state index contributed by atoms with van der Waals surface area (Å²) < 4.78 is 0. The molecule has 3 heteroatoms. The Bertz CT molecular complexity index is 301.